The van der Waals surface area contributed by atoms with Crippen LogP contribution in [0.25, 0.3) is 115 Å². The SMILES string of the molecule is c1ccc(-c2cccc(-c3nc(-c4ccc5oc6cc7c8ccccc8n(-c8ccccc8)c7cc6c5c4)nc(-c4ccc5sc6ccccc6c5c4)n3)c2)cc1. The van der Waals surface area contributed by atoms with Gasteiger partial charge >= 0.3 is 0 Å². The fourth-order valence-corrected chi connectivity index (χ4v) is 9.42. The molecule has 4 heterocycles. The number of rotatable bonds is 5. The van der Waals surface area contributed by atoms with Gasteiger partial charge < -0.3 is 8.98 Å². The van der Waals surface area contributed by atoms with Gasteiger partial charge in [0, 0.05) is 64.1 Å². The fraction of sp³-hybridized carbons (Fsp3) is 0. The number of benzene rings is 8. The van der Waals surface area contributed by atoms with E-state index in [9.17, 15) is 0 Å². The number of hydrogen-bond donors (Lipinski definition) is 0. The fourth-order valence-electron chi connectivity index (χ4n) is 8.33. The minimum absolute atomic E-state index is 0.603. The molecule has 5 nitrogen and oxygen atoms in total. The van der Waals surface area contributed by atoms with E-state index >= 15 is 0 Å². The van der Waals surface area contributed by atoms with E-state index in [0.717, 1.165) is 71.9 Å². The molecule has 0 spiro atoms. The highest BCUT2D eigenvalue weighted by Gasteiger charge is 2.19. The third-order valence-corrected chi connectivity index (χ3v) is 12.2. The lowest BCUT2D eigenvalue weighted by molar-refractivity contribution is 0.669. The van der Waals surface area contributed by atoms with Crippen LogP contribution in [0.4, 0.5) is 0 Å². The lowest BCUT2D eigenvalue weighted by Gasteiger charge is -2.10. The molecular formula is C51H30N4OS. The summed E-state index contributed by atoms with van der Waals surface area (Å²) in [4.78, 5) is 15.5. The minimum atomic E-state index is 0.603. The standard InChI is InChI=1S/C51H30N4OS/c1-3-12-31(13-4-1)32-14-11-15-33(26-32)49-52-50(54-51(53-49)35-23-25-48-42(28-35)38-19-8-10-21-47(38)57-48)34-22-24-45-40(27-34)41-29-44-39(30-46(41)56-45)37-18-7-9-20-43(37)55(44)36-16-5-2-6-17-36/h1-30H. The van der Waals surface area contributed by atoms with E-state index in [1.807, 2.05) is 12.1 Å². The molecule has 4 aromatic heterocycles. The lowest BCUT2D eigenvalue weighted by Crippen LogP contribution is -2.00. The van der Waals surface area contributed by atoms with Crippen molar-refractivity contribution in [1.29, 1.82) is 0 Å². The van der Waals surface area contributed by atoms with Crippen LogP contribution in [0.1, 0.15) is 0 Å². The van der Waals surface area contributed by atoms with Crippen LogP contribution in [0.5, 0.6) is 0 Å². The molecule has 0 amide bonds. The Morgan fingerprint density at radius 3 is 1.75 bits per heavy atom. The van der Waals surface area contributed by atoms with Gasteiger partial charge in [0.05, 0.1) is 11.0 Å². The van der Waals surface area contributed by atoms with Crippen LogP contribution < -0.4 is 0 Å². The van der Waals surface area contributed by atoms with Crippen LogP contribution in [-0.2, 0) is 0 Å². The van der Waals surface area contributed by atoms with E-state index in [0.29, 0.717) is 17.5 Å². The maximum absolute atomic E-state index is 6.56. The molecule has 12 aromatic rings. The van der Waals surface area contributed by atoms with Crippen molar-refractivity contribution in [2.75, 3.05) is 0 Å². The lowest BCUT2D eigenvalue weighted by atomic mass is 10.0. The van der Waals surface area contributed by atoms with Crippen molar-refractivity contribution < 1.29 is 4.42 Å². The first-order chi connectivity index (χ1) is 28.2. The van der Waals surface area contributed by atoms with Crippen LogP contribution in [0.15, 0.2) is 186 Å². The van der Waals surface area contributed by atoms with Crippen molar-refractivity contribution >= 4 is 75.3 Å². The molecule has 0 saturated carbocycles. The largest absolute Gasteiger partial charge is 0.456 e. The van der Waals surface area contributed by atoms with Crippen LogP contribution in [0, 0.1) is 0 Å². The molecular weight excluding hydrogens is 717 g/mol. The molecule has 8 aromatic carbocycles. The molecule has 0 bridgehead atoms. The van der Waals surface area contributed by atoms with Crippen molar-refractivity contribution in [1.82, 2.24) is 19.5 Å². The van der Waals surface area contributed by atoms with Gasteiger partial charge in [0.1, 0.15) is 11.2 Å². The Morgan fingerprint density at radius 2 is 0.947 bits per heavy atom. The quantitative estimate of drug-likeness (QED) is 0.176. The summed E-state index contributed by atoms with van der Waals surface area (Å²) in [6, 6.07) is 63.8. The zero-order valence-electron chi connectivity index (χ0n) is 30.4. The summed E-state index contributed by atoms with van der Waals surface area (Å²) in [5, 5.41) is 6.83. The Kier molecular flexibility index (Phi) is 7.03. The van der Waals surface area contributed by atoms with E-state index in [4.69, 9.17) is 19.4 Å². The van der Waals surface area contributed by atoms with Gasteiger partial charge in [0.2, 0.25) is 0 Å². The molecule has 12 rings (SSSR count). The molecule has 0 radical (unpaired) electrons. The van der Waals surface area contributed by atoms with E-state index in [-0.39, 0.29) is 0 Å². The Morgan fingerprint density at radius 1 is 0.351 bits per heavy atom. The normalized spacial score (nSPS) is 11.9. The van der Waals surface area contributed by atoms with Gasteiger partial charge in [0.25, 0.3) is 0 Å². The number of fused-ring (bicyclic) bond motifs is 9. The molecule has 57 heavy (non-hydrogen) atoms. The zero-order valence-corrected chi connectivity index (χ0v) is 31.2. The van der Waals surface area contributed by atoms with Crippen molar-refractivity contribution in [3.63, 3.8) is 0 Å². The van der Waals surface area contributed by atoms with E-state index in [1.54, 1.807) is 11.3 Å². The number of aromatic nitrogens is 4. The summed E-state index contributed by atoms with van der Waals surface area (Å²) >= 11 is 1.81. The third-order valence-electron chi connectivity index (χ3n) is 11.0. The molecule has 0 aliphatic heterocycles. The second kappa shape index (κ2) is 12.6. The average molecular weight is 747 g/mol. The number of furan rings is 1. The molecule has 266 valence electrons. The minimum Gasteiger partial charge on any atom is -0.456 e. The predicted molar refractivity (Wildman–Crippen MR) is 236 cm³/mol. The topological polar surface area (TPSA) is 56.7 Å². The highest BCUT2D eigenvalue weighted by molar-refractivity contribution is 7.25. The number of para-hydroxylation sites is 2. The van der Waals surface area contributed by atoms with Gasteiger partial charge in [-0.1, -0.05) is 103 Å². The maximum Gasteiger partial charge on any atom is 0.164 e. The van der Waals surface area contributed by atoms with Crippen LogP contribution >= 0.6 is 11.3 Å². The Hall–Kier alpha value is -7.41. The van der Waals surface area contributed by atoms with E-state index < -0.39 is 0 Å². The number of thiophene rings is 1. The van der Waals surface area contributed by atoms with Gasteiger partial charge in [0.15, 0.2) is 17.5 Å². The van der Waals surface area contributed by atoms with Crippen molar-refractivity contribution in [2.45, 2.75) is 0 Å². The second-order valence-electron chi connectivity index (χ2n) is 14.4. The van der Waals surface area contributed by atoms with Crippen LogP contribution in [-0.4, -0.2) is 19.5 Å². The van der Waals surface area contributed by atoms with Gasteiger partial charge in [-0.3, -0.25) is 0 Å². The van der Waals surface area contributed by atoms with Gasteiger partial charge in [-0.15, -0.1) is 11.3 Å². The third kappa shape index (κ3) is 5.19. The Labute approximate surface area is 330 Å². The van der Waals surface area contributed by atoms with Crippen LogP contribution in [0.3, 0.4) is 0 Å². The smallest absolute Gasteiger partial charge is 0.164 e. The molecule has 0 atom stereocenters. The number of nitrogens with zero attached hydrogens (tertiary/aromatic N) is 4. The first-order valence-corrected chi connectivity index (χ1v) is 19.8. The van der Waals surface area contributed by atoms with Gasteiger partial charge in [-0.05, 0) is 90.0 Å². The van der Waals surface area contributed by atoms with E-state index in [1.165, 1.54) is 25.6 Å². The van der Waals surface area contributed by atoms with Crippen molar-refractivity contribution in [2.24, 2.45) is 0 Å². The van der Waals surface area contributed by atoms with Gasteiger partial charge in [-0.25, -0.2) is 15.0 Å². The van der Waals surface area contributed by atoms with Crippen molar-refractivity contribution in [3.8, 4) is 51.0 Å². The summed E-state index contributed by atoms with van der Waals surface area (Å²) < 4.78 is 11.4. The summed E-state index contributed by atoms with van der Waals surface area (Å²) in [6.07, 6.45) is 0. The summed E-state index contributed by atoms with van der Waals surface area (Å²) in [5.41, 5.74) is 10.1. The van der Waals surface area contributed by atoms with Gasteiger partial charge in [-0.2, -0.15) is 0 Å². The Bertz CT molecular complexity index is 3530. The average Bonchev–Trinajstić information content (AvgIpc) is 3.94. The monoisotopic (exact) mass is 746 g/mol. The molecule has 0 unspecified atom stereocenters. The molecule has 6 heteroatoms. The molecule has 0 fully saturated rings. The molecule has 0 saturated heterocycles. The second-order valence-corrected chi connectivity index (χ2v) is 15.5. The predicted octanol–water partition coefficient (Wildman–Crippen LogP) is 13.9. The number of hydrogen-bond acceptors (Lipinski definition) is 5. The first kappa shape index (κ1) is 31.9. The van der Waals surface area contributed by atoms with Crippen LogP contribution in [0.2, 0.25) is 0 Å². The first-order valence-electron chi connectivity index (χ1n) is 19.0. The molecule has 0 aliphatic carbocycles. The van der Waals surface area contributed by atoms with E-state index in [2.05, 4.69) is 174 Å². The highest BCUT2D eigenvalue weighted by atomic mass is 32.1. The maximum atomic E-state index is 6.56. The van der Waals surface area contributed by atoms with Crippen molar-refractivity contribution in [3.05, 3.63) is 182 Å². The summed E-state index contributed by atoms with van der Waals surface area (Å²) in [6.45, 7) is 0. The summed E-state index contributed by atoms with van der Waals surface area (Å²) in [5.74, 6) is 1.85. The molecule has 0 N–H and O–H groups in total. The Balaban J connectivity index is 1.07. The zero-order chi connectivity index (χ0) is 37.5. The highest BCUT2D eigenvalue weighted by Crippen LogP contribution is 2.40. The summed E-state index contributed by atoms with van der Waals surface area (Å²) in [7, 11) is 0. The molecule has 0 aliphatic rings.